The molecule has 116 valence electrons. The summed E-state index contributed by atoms with van der Waals surface area (Å²) in [6.07, 6.45) is 0. The molecule has 0 spiro atoms. The smallest absolute Gasteiger partial charge is 0.383 e. The van der Waals surface area contributed by atoms with E-state index in [2.05, 4.69) is 52.0 Å². The molecule has 3 rings (SSSR count). The third-order valence-corrected chi connectivity index (χ3v) is 6.09. The van der Waals surface area contributed by atoms with E-state index in [1.165, 1.54) is 0 Å². The largest absolute Gasteiger partial charge is 1.00 e. The minimum absolute atomic E-state index is 0. The molecule has 3 heterocycles. The van der Waals surface area contributed by atoms with E-state index in [0.29, 0.717) is 0 Å². The Bertz CT molecular complexity index is 721. The Morgan fingerprint density at radius 1 is 0.609 bits per heavy atom. The van der Waals surface area contributed by atoms with Gasteiger partial charge in [0.2, 0.25) is 0 Å². The molecule has 0 bridgehead atoms. The van der Waals surface area contributed by atoms with Gasteiger partial charge in [0.15, 0.2) is 0 Å². The normalized spacial score (nSPS) is 10.7. The Kier molecular flexibility index (Phi) is 5.04. The minimum atomic E-state index is -1.49. The SMILES string of the molecule is Cc1cc(C)n([Si-](n2nc(C)cc2C)n2nc(C)cc2C)n1.[Li+]. The molecule has 6 nitrogen and oxygen atoms in total. The maximum Gasteiger partial charge on any atom is 1.00 e. The predicted molar refractivity (Wildman–Crippen MR) is 87.1 cm³/mol. The quantitative estimate of drug-likeness (QED) is 0.586. The molecule has 3 aromatic rings. The molecule has 0 aliphatic carbocycles. The van der Waals surface area contributed by atoms with Crippen molar-refractivity contribution in [2.45, 2.75) is 41.5 Å². The summed E-state index contributed by atoms with van der Waals surface area (Å²) in [5.74, 6) is 0. The molecular formula is C15H21LiN6Si. The van der Waals surface area contributed by atoms with Crippen LogP contribution in [0.5, 0.6) is 0 Å². The maximum absolute atomic E-state index is 4.70. The van der Waals surface area contributed by atoms with Gasteiger partial charge in [-0.3, -0.25) is 0 Å². The number of nitrogens with zero attached hydrogens (tertiary/aromatic N) is 6. The fourth-order valence-electron chi connectivity index (χ4n) is 2.76. The third kappa shape index (κ3) is 3.22. The van der Waals surface area contributed by atoms with Gasteiger partial charge < -0.3 is 13.0 Å². The van der Waals surface area contributed by atoms with Crippen LogP contribution < -0.4 is 18.9 Å². The summed E-state index contributed by atoms with van der Waals surface area (Å²) in [7, 11) is -1.49. The molecule has 0 saturated heterocycles. The van der Waals surface area contributed by atoms with Crippen LogP contribution in [0.25, 0.3) is 0 Å². The fourth-order valence-corrected chi connectivity index (χ4v) is 5.18. The molecule has 0 unspecified atom stereocenters. The van der Waals surface area contributed by atoms with Crippen LogP contribution in [0.15, 0.2) is 18.2 Å². The van der Waals surface area contributed by atoms with Crippen LogP contribution in [0.4, 0.5) is 0 Å². The first-order valence-corrected chi connectivity index (χ1v) is 8.69. The van der Waals surface area contributed by atoms with Crippen LogP contribution in [-0.2, 0) is 0 Å². The predicted octanol–water partition coefficient (Wildman–Crippen LogP) is -0.940. The molecule has 0 saturated carbocycles. The molecule has 0 N–H and O–H groups in total. The summed E-state index contributed by atoms with van der Waals surface area (Å²) in [5, 5.41) is 14.1. The minimum Gasteiger partial charge on any atom is -0.383 e. The Labute approximate surface area is 150 Å². The number of rotatable bonds is 3. The molecule has 8 heteroatoms. The maximum atomic E-state index is 4.70. The number of hydrogen-bond donors (Lipinski definition) is 0. The molecule has 0 amide bonds. The average Bonchev–Trinajstić information content (AvgIpc) is 3.02. The second kappa shape index (κ2) is 6.52. The van der Waals surface area contributed by atoms with Crippen LogP contribution in [0.1, 0.15) is 34.2 Å². The van der Waals surface area contributed by atoms with Gasteiger partial charge in [0.05, 0.1) is 26.4 Å². The first-order chi connectivity index (χ1) is 10.4. The van der Waals surface area contributed by atoms with Crippen molar-refractivity contribution in [1.82, 2.24) is 28.3 Å². The fraction of sp³-hybridized carbons (Fsp3) is 0.400. The number of hydrogen-bond acceptors (Lipinski definition) is 3. The first kappa shape index (κ1) is 17.8. The first-order valence-electron chi connectivity index (χ1n) is 7.34. The van der Waals surface area contributed by atoms with Gasteiger partial charge in [-0.1, -0.05) is 0 Å². The van der Waals surface area contributed by atoms with Crippen molar-refractivity contribution in [3.05, 3.63) is 52.4 Å². The van der Waals surface area contributed by atoms with Crippen LogP contribution in [0.2, 0.25) is 0 Å². The van der Waals surface area contributed by atoms with E-state index in [1.807, 2.05) is 20.8 Å². The van der Waals surface area contributed by atoms with E-state index in [0.717, 1.165) is 34.2 Å². The second-order valence-corrected chi connectivity index (χ2v) is 7.69. The van der Waals surface area contributed by atoms with E-state index >= 15 is 0 Å². The summed E-state index contributed by atoms with van der Waals surface area (Å²) in [6.45, 7) is 12.3. The zero-order chi connectivity index (χ0) is 16.0. The van der Waals surface area contributed by atoms with Gasteiger partial charge >= 0.3 is 18.9 Å². The van der Waals surface area contributed by atoms with Gasteiger partial charge in [0.1, 0.15) is 0 Å². The van der Waals surface area contributed by atoms with E-state index in [-0.39, 0.29) is 18.9 Å². The van der Waals surface area contributed by atoms with Crippen LogP contribution in [-0.4, -0.2) is 37.6 Å². The molecule has 0 atom stereocenters. The number of aromatic nitrogens is 6. The van der Waals surface area contributed by atoms with Crippen molar-refractivity contribution in [2.75, 3.05) is 0 Å². The van der Waals surface area contributed by atoms with Crippen molar-refractivity contribution < 1.29 is 18.9 Å². The van der Waals surface area contributed by atoms with Gasteiger partial charge in [0, 0.05) is 17.1 Å². The molecule has 0 aliphatic rings. The van der Waals surface area contributed by atoms with Gasteiger partial charge in [-0.15, -0.1) is 0 Å². The van der Waals surface area contributed by atoms with Gasteiger partial charge in [-0.25, -0.2) is 15.3 Å². The van der Waals surface area contributed by atoms with Crippen LogP contribution >= 0.6 is 0 Å². The topological polar surface area (TPSA) is 53.5 Å². The molecule has 0 aromatic carbocycles. The zero-order valence-electron chi connectivity index (χ0n) is 14.9. The molecule has 0 fully saturated rings. The van der Waals surface area contributed by atoms with Gasteiger partial charge in [-0.2, -0.15) is 0 Å². The standard InChI is InChI=1S/C15H21N6Si.Li/c1-10-7-13(4)19(16-10)22(20-14(5)8-11(2)17-20)21-15(6)9-12(3)18-21;/h7-9H,1-6H3;/q-1;+1. The molecule has 0 aliphatic heterocycles. The molecule has 3 aromatic heterocycles. The Balaban J connectivity index is 0.00000192. The summed E-state index contributed by atoms with van der Waals surface area (Å²) in [4.78, 5) is 0. The number of aryl methyl sites for hydroxylation is 6. The molecule has 23 heavy (non-hydrogen) atoms. The summed E-state index contributed by atoms with van der Waals surface area (Å²) in [6, 6.07) is 6.30. The van der Waals surface area contributed by atoms with E-state index < -0.39 is 9.28 Å². The Morgan fingerprint density at radius 2 is 0.870 bits per heavy atom. The summed E-state index contributed by atoms with van der Waals surface area (Å²) >= 11 is 0. The molecule has 0 radical (unpaired) electrons. The van der Waals surface area contributed by atoms with Gasteiger partial charge in [0.25, 0.3) is 0 Å². The van der Waals surface area contributed by atoms with Crippen LogP contribution in [0.3, 0.4) is 0 Å². The average molecular weight is 320 g/mol. The van der Waals surface area contributed by atoms with Crippen molar-refractivity contribution in [2.24, 2.45) is 0 Å². The Morgan fingerprint density at radius 3 is 1.04 bits per heavy atom. The second-order valence-electron chi connectivity index (χ2n) is 5.82. The van der Waals surface area contributed by atoms with Crippen molar-refractivity contribution in [3.63, 3.8) is 0 Å². The summed E-state index contributed by atoms with van der Waals surface area (Å²) < 4.78 is 6.25. The zero-order valence-corrected chi connectivity index (χ0v) is 15.9. The van der Waals surface area contributed by atoms with Crippen molar-refractivity contribution in [1.29, 1.82) is 0 Å². The van der Waals surface area contributed by atoms with Crippen molar-refractivity contribution >= 4 is 9.28 Å². The van der Waals surface area contributed by atoms with Crippen molar-refractivity contribution in [3.8, 4) is 0 Å². The monoisotopic (exact) mass is 320 g/mol. The summed E-state index contributed by atoms with van der Waals surface area (Å²) in [5.41, 5.74) is 6.44. The van der Waals surface area contributed by atoms with Gasteiger partial charge in [-0.05, 0) is 59.7 Å². The van der Waals surface area contributed by atoms with Crippen LogP contribution in [0, 0.1) is 41.5 Å². The van der Waals surface area contributed by atoms with E-state index in [9.17, 15) is 0 Å². The van der Waals surface area contributed by atoms with E-state index in [1.54, 1.807) is 0 Å². The van der Waals surface area contributed by atoms with E-state index in [4.69, 9.17) is 15.3 Å². The third-order valence-electron chi connectivity index (χ3n) is 3.60. The molecular weight excluding hydrogens is 299 g/mol. The Hall–Kier alpha value is -1.56.